The van der Waals surface area contributed by atoms with Crippen molar-refractivity contribution < 1.29 is 4.79 Å². The van der Waals surface area contributed by atoms with Gasteiger partial charge >= 0.3 is 6.03 Å². The predicted octanol–water partition coefficient (Wildman–Crippen LogP) is 4.12. The van der Waals surface area contributed by atoms with Gasteiger partial charge in [0.2, 0.25) is 0 Å². The monoisotopic (exact) mass is 332 g/mol. The number of nitrogens with one attached hydrogen (secondary N) is 2. The molecule has 3 nitrogen and oxygen atoms in total. The molecule has 2 N–H and O–H groups in total. The maximum absolute atomic E-state index is 11.8. The van der Waals surface area contributed by atoms with E-state index in [2.05, 4.69) is 45.6 Å². The summed E-state index contributed by atoms with van der Waals surface area (Å²) in [7, 11) is 0. The Morgan fingerprint density at radius 2 is 1.95 bits per heavy atom. The summed E-state index contributed by atoms with van der Waals surface area (Å²) in [6.07, 6.45) is 0.832. The summed E-state index contributed by atoms with van der Waals surface area (Å²) < 4.78 is 0.940. The number of benzene rings is 2. The van der Waals surface area contributed by atoms with Crippen molar-refractivity contribution in [3.05, 3.63) is 64.1 Å². The van der Waals surface area contributed by atoms with Gasteiger partial charge in [-0.1, -0.05) is 46.3 Å². The van der Waals surface area contributed by atoms with Crippen LogP contribution in [0.3, 0.4) is 0 Å². The molecule has 0 aliphatic heterocycles. The molecular weight excluding hydrogens is 316 g/mol. The summed E-state index contributed by atoms with van der Waals surface area (Å²) >= 11 is 3.37. The van der Waals surface area contributed by atoms with Crippen LogP contribution in [0.2, 0.25) is 0 Å². The lowest BCUT2D eigenvalue weighted by Crippen LogP contribution is -2.30. The number of carbonyl (C=O) groups is 1. The molecule has 2 aromatic rings. The van der Waals surface area contributed by atoms with Crippen molar-refractivity contribution in [2.24, 2.45) is 0 Å². The van der Waals surface area contributed by atoms with Crippen molar-refractivity contribution in [2.45, 2.75) is 13.3 Å². The zero-order valence-electron chi connectivity index (χ0n) is 11.3. The molecular formula is C16H17BrN2O. The van der Waals surface area contributed by atoms with Crippen LogP contribution in [0.5, 0.6) is 0 Å². The minimum absolute atomic E-state index is 0.184. The first-order chi connectivity index (χ1) is 9.65. The van der Waals surface area contributed by atoms with Gasteiger partial charge in [0.1, 0.15) is 0 Å². The maximum Gasteiger partial charge on any atom is 0.319 e. The maximum atomic E-state index is 11.8. The summed E-state index contributed by atoms with van der Waals surface area (Å²) in [4.78, 5) is 11.8. The van der Waals surface area contributed by atoms with Crippen LogP contribution in [0.1, 0.15) is 11.1 Å². The first kappa shape index (κ1) is 14.6. The Kier molecular flexibility index (Phi) is 5.18. The average molecular weight is 333 g/mol. The SMILES string of the molecule is Cc1ccccc1CCNC(=O)Nc1cccc(Br)c1. The number of hydrogen-bond donors (Lipinski definition) is 2. The molecule has 0 unspecified atom stereocenters. The van der Waals surface area contributed by atoms with Gasteiger partial charge in [-0.25, -0.2) is 4.79 Å². The second kappa shape index (κ2) is 7.10. The highest BCUT2D eigenvalue weighted by Crippen LogP contribution is 2.15. The van der Waals surface area contributed by atoms with E-state index in [0.29, 0.717) is 6.54 Å². The van der Waals surface area contributed by atoms with E-state index in [1.807, 2.05) is 36.4 Å². The number of amides is 2. The van der Waals surface area contributed by atoms with Crippen molar-refractivity contribution in [2.75, 3.05) is 11.9 Å². The Bertz CT molecular complexity index is 599. The molecule has 0 spiro atoms. The third-order valence-corrected chi connectivity index (χ3v) is 3.52. The molecule has 0 aliphatic rings. The Labute approximate surface area is 127 Å². The molecule has 0 atom stereocenters. The van der Waals surface area contributed by atoms with E-state index in [1.54, 1.807) is 0 Å². The third-order valence-electron chi connectivity index (χ3n) is 3.02. The quantitative estimate of drug-likeness (QED) is 0.868. The van der Waals surface area contributed by atoms with E-state index in [4.69, 9.17) is 0 Å². The number of aryl methyl sites for hydroxylation is 1. The van der Waals surface area contributed by atoms with Gasteiger partial charge in [-0.05, 0) is 42.7 Å². The van der Waals surface area contributed by atoms with Gasteiger partial charge in [0.05, 0.1) is 0 Å². The molecule has 0 radical (unpaired) electrons. The Morgan fingerprint density at radius 3 is 2.70 bits per heavy atom. The van der Waals surface area contributed by atoms with E-state index in [-0.39, 0.29) is 6.03 Å². The standard InChI is InChI=1S/C16H17BrN2O/c1-12-5-2-3-6-13(12)9-10-18-16(20)19-15-8-4-7-14(17)11-15/h2-8,11H,9-10H2,1H3,(H2,18,19,20). The molecule has 2 rings (SSSR count). The van der Waals surface area contributed by atoms with Gasteiger partial charge in [0.15, 0.2) is 0 Å². The Morgan fingerprint density at radius 1 is 1.15 bits per heavy atom. The highest BCUT2D eigenvalue weighted by molar-refractivity contribution is 9.10. The van der Waals surface area contributed by atoms with Crippen LogP contribution in [-0.4, -0.2) is 12.6 Å². The number of urea groups is 1. The smallest absolute Gasteiger partial charge is 0.319 e. The third kappa shape index (κ3) is 4.38. The van der Waals surface area contributed by atoms with Crippen LogP contribution < -0.4 is 10.6 Å². The van der Waals surface area contributed by atoms with Gasteiger partial charge in [0.25, 0.3) is 0 Å². The van der Waals surface area contributed by atoms with Gasteiger partial charge in [-0.3, -0.25) is 0 Å². The number of anilines is 1. The zero-order valence-corrected chi connectivity index (χ0v) is 12.9. The van der Waals surface area contributed by atoms with E-state index < -0.39 is 0 Å². The fourth-order valence-electron chi connectivity index (χ4n) is 1.94. The molecule has 0 aromatic heterocycles. The van der Waals surface area contributed by atoms with Crippen LogP contribution >= 0.6 is 15.9 Å². The topological polar surface area (TPSA) is 41.1 Å². The van der Waals surface area contributed by atoms with Gasteiger partial charge in [0, 0.05) is 16.7 Å². The molecule has 4 heteroatoms. The zero-order chi connectivity index (χ0) is 14.4. The molecule has 0 bridgehead atoms. The second-order valence-corrected chi connectivity index (χ2v) is 5.48. The van der Waals surface area contributed by atoms with E-state index >= 15 is 0 Å². The molecule has 2 amide bonds. The average Bonchev–Trinajstić information content (AvgIpc) is 2.41. The molecule has 0 fully saturated rings. The van der Waals surface area contributed by atoms with Crippen LogP contribution in [0, 0.1) is 6.92 Å². The molecule has 20 heavy (non-hydrogen) atoms. The van der Waals surface area contributed by atoms with E-state index in [9.17, 15) is 4.79 Å². The fourth-order valence-corrected chi connectivity index (χ4v) is 2.34. The largest absolute Gasteiger partial charge is 0.338 e. The van der Waals surface area contributed by atoms with Crippen molar-refractivity contribution in [3.8, 4) is 0 Å². The highest BCUT2D eigenvalue weighted by Gasteiger charge is 2.02. The summed E-state index contributed by atoms with van der Waals surface area (Å²) in [5.41, 5.74) is 3.28. The minimum atomic E-state index is -0.184. The highest BCUT2D eigenvalue weighted by atomic mass is 79.9. The molecule has 0 saturated carbocycles. The molecule has 104 valence electrons. The normalized spacial score (nSPS) is 10.1. The van der Waals surface area contributed by atoms with Gasteiger partial charge in [-0.2, -0.15) is 0 Å². The molecule has 0 aliphatic carbocycles. The van der Waals surface area contributed by atoms with E-state index in [0.717, 1.165) is 16.6 Å². The minimum Gasteiger partial charge on any atom is -0.338 e. The number of carbonyl (C=O) groups excluding carboxylic acids is 1. The molecule has 0 saturated heterocycles. The van der Waals surface area contributed by atoms with Gasteiger partial charge in [-0.15, -0.1) is 0 Å². The van der Waals surface area contributed by atoms with E-state index in [1.165, 1.54) is 11.1 Å². The molecule has 2 aromatic carbocycles. The molecule has 0 heterocycles. The second-order valence-electron chi connectivity index (χ2n) is 4.57. The Balaban J connectivity index is 1.80. The van der Waals surface area contributed by atoms with Crippen molar-refractivity contribution in [3.63, 3.8) is 0 Å². The Hall–Kier alpha value is -1.81. The van der Waals surface area contributed by atoms with Crippen molar-refractivity contribution >= 4 is 27.6 Å². The lowest BCUT2D eigenvalue weighted by atomic mass is 10.1. The van der Waals surface area contributed by atoms with Crippen molar-refractivity contribution in [1.29, 1.82) is 0 Å². The number of hydrogen-bond acceptors (Lipinski definition) is 1. The van der Waals surface area contributed by atoms with Crippen LogP contribution in [0.15, 0.2) is 53.0 Å². The first-order valence-electron chi connectivity index (χ1n) is 6.50. The van der Waals surface area contributed by atoms with Crippen LogP contribution in [0.4, 0.5) is 10.5 Å². The summed E-state index contributed by atoms with van der Waals surface area (Å²) in [5, 5.41) is 5.66. The van der Waals surface area contributed by atoms with Crippen LogP contribution in [-0.2, 0) is 6.42 Å². The lowest BCUT2D eigenvalue weighted by Gasteiger charge is -2.09. The summed E-state index contributed by atoms with van der Waals surface area (Å²) in [6.45, 7) is 2.70. The van der Waals surface area contributed by atoms with Crippen LogP contribution in [0.25, 0.3) is 0 Å². The summed E-state index contributed by atoms with van der Waals surface area (Å²) in [6, 6.07) is 15.5. The summed E-state index contributed by atoms with van der Waals surface area (Å²) in [5.74, 6) is 0. The fraction of sp³-hybridized carbons (Fsp3) is 0.188. The predicted molar refractivity (Wildman–Crippen MR) is 86.0 cm³/mol. The van der Waals surface area contributed by atoms with Gasteiger partial charge < -0.3 is 10.6 Å². The number of rotatable bonds is 4. The van der Waals surface area contributed by atoms with Crippen molar-refractivity contribution in [1.82, 2.24) is 5.32 Å². The number of halogens is 1. The first-order valence-corrected chi connectivity index (χ1v) is 7.29. The lowest BCUT2D eigenvalue weighted by molar-refractivity contribution is 0.252.